The molecule has 0 spiro atoms. The molecule has 0 saturated carbocycles. The largest absolute Gasteiger partial charge is 0.383 e. The highest BCUT2D eigenvalue weighted by Crippen LogP contribution is 2.00. The van der Waals surface area contributed by atoms with Gasteiger partial charge in [-0.15, -0.1) is 0 Å². The maximum atomic E-state index is 5.82. The van der Waals surface area contributed by atoms with Gasteiger partial charge in [0.1, 0.15) is 5.82 Å². The summed E-state index contributed by atoms with van der Waals surface area (Å²) in [6, 6.07) is 0.0395. The third-order valence-corrected chi connectivity index (χ3v) is 1.97. The van der Waals surface area contributed by atoms with Crippen LogP contribution in [0.3, 0.4) is 0 Å². The summed E-state index contributed by atoms with van der Waals surface area (Å²) in [5.41, 5.74) is 5.82. The molecule has 0 fully saturated rings. The van der Waals surface area contributed by atoms with E-state index in [9.17, 15) is 0 Å². The Balaban J connectivity index is 2.52. The van der Waals surface area contributed by atoms with Crippen LogP contribution in [0.25, 0.3) is 0 Å². The normalized spacial score (nSPS) is 13.2. The Labute approximate surface area is 78.7 Å². The van der Waals surface area contributed by atoms with Crippen LogP contribution in [0.15, 0.2) is 12.4 Å². The standard InChI is InChI=1S/C9H17N3O/c1-3-12-5-4-11-9(12)6-8(10)7-13-2/h4-5,8H,3,6-7,10H2,1-2H3. The lowest BCUT2D eigenvalue weighted by atomic mass is 10.2. The van der Waals surface area contributed by atoms with Crippen molar-refractivity contribution in [2.75, 3.05) is 13.7 Å². The maximum Gasteiger partial charge on any atom is 0.110 e. The van der Waals surface area contributed by atoms with Gasteiger partial charge in [-0.1, -0.05) is 0 Å². The number of hydrogen-bond acceptors (Lipinski definition) is 3. The first-order valence-corrected chi connectivity index (χ1v) is 4.52. The van der Waals surface area contributed by atoms with E-state index in [-0.39, 0.29) is 6.04 Å². The Morgan fingerprint density at radius 2 is 2.46 bits per heavy atom. The van der Waals surface area contributed by atoms with E-state index in [2.05, 4.69) is 16.5 Å². The molecule has 0 aliphatic heterocycles. The number of nitrogens with two attached hydrogens (primary N) is 1. The quantitative estimate of drug-likeness (QED) is 0.719. The molecule has 1 heterocycles. The molecule has 0 aliphatic rings. The number of aromatic nitrogens is 2. The van der Waals surface area contributed by atoms with E-state index in [4.69, 9.17) is 10.5 Å². The van der Waals surface area contributed by atoms with Crippen molar-refractivity contribution in [3.8, 4) is 0 Å². The molecule has 13 heavy (non-hydrogen) atoms. The third kappa shape index (κ3) is 2.82. The highest BCUT2D eigenvalue weighted by molar-refractivity contribution is 4.94. The zero-order chi connectivity index (χ0) is 9.68. The summed E-state index contributed by atoms with van der Waals surface area (Å²) in [5, 5.41) is 0. The van der Waals surface area contributed by atoms with E-state index < -0.39 is 0 Å². The van der Waals surface area contributed by atoms with Gasteiger partial charge in [-0.2, -0.15) is 0 Å². The second-order valence-electron chi connectivity index (χ2n) is 3.05. The number of hydrogen-bond donors (Lipinski definition) is 1. The molecule has 2 N–H and O–H groups in total. The van der Waals surface area contributed by atoms with E-state index >= 15 is 0 Å². The molecule has 1 atom stereocenters. The monoisotopic (exact) mass is 183 g/mol. The fourth-order valence-electron chi connectivity index (χ4n) is 1.33. The molecular weight excluding hydrogens is 166 g/mol. The average molecular weight is 183 g/mol. The van der Waals surface area contributed by atoms with Crippen LogP contribution in [-0.2, 0) is 17.7 Å². The maximum absolute atomic E-state index is 5.82. The molecule has 0 aromatic carbocycles. The first-order valence-electron chi connectivity index (χ1n) is 4.52. The minimum Gasteiger partial charge on any atom is -0.383 e. The van der Waals surface area contributed by atoms with Crippen molar-refractivity contribution >= 4 is 0 Å². The molecule has 0 saturated heterocycles. The minimum atomic E-state index is 0.0395. The average Bonchev–Trinajstić information content (AvgIpc) is 2.52. The van der Waals surface area contributed by atoms with Gasteiger partial charge >= 0.3 is 0 Å². The molecule has 1 aromatic heterocycles. The van der Waals surface area contributed by atoms with Gasteiger partial charge in [-0.3, -0.25) is 0 Å². The molecule has 1 rings (SSSR count). The molecule has 4 heteroatoms. The number of methoxy groups -OCH3 is 1. The predicted molar refractivity (Wildman–Crippen MR) is 51.5 cm³/mol. The highest BCUT2D eigenvalue weighted by Gasteiger charge is 2.07. The molecule has 1 aromatic rings. The van der Waals surface area contributed by atoms with Crippen LogP contribution in [0, 0.1) is 0 Å². The van der Waals surface area contributed by atoms with Crippen LogP contribution in [0.2, 0.25) is 0 Å². The highest BCUT2D eigenvalue weighted by atomic mass is 16.5. The van der Waals surface area contributed by atoms with E-state index in [1.807, 2.05) is 6.20 Å². The first kappa shape index (κ1) is 10.2. The van der Waals surface area contributed by atoms with Crippen LogP contribution in [0.4, 0.5) is 0 Å². The van der Waals surface area contributed by atoms with Crippen molar-refractivity contribution in [3.63, 3.8) is 0 Å². The van der Waals surface area contributed by atoms with Gasteiger partial charge < -0.3 is 15.0 Å². The van der Waals surface area contributed by atoms with Gasteiger partial charge in [0.05, 0.1) is 6.61 Å². The summed E-state index contributed by atoms with van der Waals surface area (Å²) >= 11 is 0. The Bertz CT molecular complexity index is 247. The second-order valence-corrected chi connectivity index (χ2v) is 3.05. The summed E-state index contributed by atoms with van der Waals surface area (Å²) in [7, 11) is 1.66. The number of rotatable bonds is 5. The topological polar surface area (TPSA) is 53.1 Å². The van der Waals surface area contributed by atoms with Crippen molar-refractivity contribution < 1.29 is 4.74 Å². The minimum absolute atomic E-state index is 0.0395. The number of imidazole rings is 1. The van der Waals surface area contributed by atoms with Crippen molar-refractivity contribution in [1.82, 2.24) is 9.55 Å². The molecule has 0 radical (unpaired) electrons. The summed E-state index contributed by atoms with van der Waals surface area (Å²) < 4.78 is 7.06. The predicted octanol–water partition coefficient (Wildman–Crippen LogP) is 0.419. The third-order valence-electron chi connectivity index (χ3n) is 1.97. The molecule has 0 amide bonds. The van der Waals surface area contributed by atoms with Crippen LogP contribution >= 0.6 is 0 Å². The van der Waals surface area contributed by atoms with Crippen LogP contribution in [-0.4, -0.2) is 29.3 Å². The zero-order valence-electron chi connectivity index (χ0n) is 8.23. The van der Waals surface area contributed by atoms with E-state index in [1.54, 1.807) is 13.3 Å². The summed E-state index contributed by atoms with van der Waals surface area (Å²) in [6.07, 6.45) is 4.54. The van der Waals surface area contributed by atoms with Gasteiger partial charge in [0, 0.05) is 38.5 Å². The number of ether oxygens (including phenoxy) is 1. The summed E-state index contributed by atoms with van der Waals surface area (Å²) in [4.78, 5) is 4.24. The summed E-state index contributed by atoms with van der Waals surface area (Å²) in [6.45, 7) is 3.61. The van der Waals surface area contributed by atoms with E-state index in [0.717, 1.165) is 18.8 Å². The molecule has 4 nitrogen and oxygen atoms in total. The Kier molecular flexibility index (Phi) is 3.92. The van der Waals surface area contributed by atoms with E-state index in [1.165, 1.54) is 0 Å². The number of aryl methyl sites for hydroxylation is 1. The first-order chi connectivity index (χ1) is 6.27. The molecule has 1 unspecified atom stereocenters. The lowest BCUT2D eigenvalue weighted by Crippen LogP contribution is -2.29. The fraction of sp³-hybridized carbons (Fsp3) is 0.667. The molecular formula is C9H17N3O. The Morgan fingerprint density at radius 1 is 1.69 bits per heavy atom. The molecule has 0 aliphatic carbocycles. The van der Waals surface area contributed by atoms with Crippen LogP contribution in [0.5, 0.6) is 0 Å². The molecule has 74 valence electrons. The lowest BCUT2D eigenvalue weighted by molar-refractivity contribution is 0.179. The van der Waals surface area contributed by atoms with Crippen LogP contribution in [0.1, 0.15) is 12.7 Å². The summed E-state index contributed by atoms with van der Waals surface area (Å²) in [5.74, 6) is 1.03. The van der Waals surface area contributed by atoms with E-state index in [0.29, 0.717) is 6.61 Å². The fourth-order valence-corrected chi connectivity index (χ4v) is 1.33. The smallest absolute Gasteiger partial charge is 0.110 e. The Morgan fingerprint density at radius 3 is 3.08 bits per heavy atom. The lowest BCUT2D eigenvalue weighted by Gasteiger charge is -2.10. The zero-order valence-corrected chi connectivity index (χ0v) is 8.23. The SMILES string of the molecule is CCn1ccnc1CC(N)COC. The van der Waals surface area contributed by atoms with Gasteiger partial charge in [0.25, 0.3) is 0 Å². The van der Waals surface area contributed by atoms with Crippen molar-refractivity contribution in [3.05, 3.63) is 18.2 Å². The van der Waals surface area contributed by atoms with Gasteiger partial charge in [0.15, 0.2) is 0 Å². The second kappa shape index (κ2) is 4.99. The van der Waals surface area contributed by atoms with Gasteiger partial charge in [0.2, 0.25) is 0 Å². The van der Waals surface area contributed by atoms with Crippen molar-refractivity contribution in [2.45, 2.75) is 25.9 Å². The van der Waals surface area contributed by atoms with Crippen LogP contribution < -0.4 is 5.73 Å². The van der Waals surface area contributed by atoms with Gasteiger partial charge in [-0.05, 0) is 6.92 Å². The Hall–Kier alpha value is -0.870. The number of nitrogens with zero attached hydrogens (tertiary/aromatic N) is 2. The molecule has 0 bridgehead atoms. The van der Waals surface area contributed by atoms with Crippen molar-refractivity contribution in [2.24, 2.45) is 5.73 Å². The van der Waals surface area contributed by atoms with Crippen molar-refractivity contribution in [1.29, 1.82) is 0 Å². The van der Waals surface area contributed by atoms with Gasteiger partial charge in [-0.25, -0.2) is 4.98 Å².